The maximum atomic E-state index is 5.28. The quantitative estimate of drug-likeness (QED) is 0.196. The molecule has 4 nitrogen and oxygen atoms in total. The van der Waals surface area contributed by atoms with Crippen LogP contribution in [-0.2, 0) is 0 Å². The number of hydrogen-bond acceptors (Lipinski definition) is 3. The highest BCUT2D eigenvalue weighted by molar-refractivity contribution is 6.21. The number of pyridine rings is 3. The number of aromatic nitrogens is 4. The van der Waals surface area contributed by atoms with E-state index in [1.165, 1.54) is 32.7 Å². The van der Waals surface area contributed by atoms with Crippen LogP contribution in [0.1, 0.15) is 0 Å². The van der Waals surface area contributed by atoms with Crippen LogP contribution in [0.2, 0.25) is 0 Å². The summed E-state index contributed by atoms with van der Waals surface area (Å²) in [6.07, 6.45) is 1.85. The van der Waals surface area contributed by atoms with Crippen molar-refractivity contribution in [2.45, 2.75) is 0 Å². The van der Waals surface area contributed by atoms with E-state index in [9.17, 15) is 0 Å². The minimum Gasteiger partial charge on any atom is -0.292 e. The van der Waals surface area contributed by atoms with Crippen molar-refractivity contribution in [1.82, 2.24) is 19.5 Å². The molecular weight excluding hydrogens is 548 g/mol. The van der Waals surface area contributed by atoms with E-state index in [1.807, 2.05) is 24.4 Å². The lowest BCUT2D eigenvalue weighted by atomic mass is 9.87. The smallest absolute Gasteiger partial charge is 0.138 e. The van der Waals surface area contributed by atoms with Crippen LogP contribution in [0.5, 0.6) is 0 Å². The van der Waals surface area contributed by atoms with Gasteiger partial charge in [0.25, 0.3) is 0 Å². The maximum Gasteiger partial charge on any atom is 0.138 e. The number of nitrogens with zero attached hydrogens (tertiary/aromatic N) is 4. The normalized spacial score (nSPS) is 11.6. The van der Waals surface area contributed by atoms with E-state index in [1.54, 1.807) is 0 Å². The Bertz CT molecular complexity index is 2440. The largest absolute Gasteiger partial charge is 0.292 e. The third-order valence-corrected chi connectivity index (χ3v) is 8.65. The Hall–Kier alpha value is -6.13. The lowest BCUT2D eigenvalue weighted by molar-refractivity contribution is 1.08. The molecule has 210 valence electrons. The lowest BCUT2D eigenvalue weighted by Crippen LogP contribution is -1.99. The number of rotatable bonds is 4. The van der Waals surface area contributed by atoms with E-state index >= 15 is 0 Å². The summed E-state index contributed by atoms with van der Waals surface area (Å²) in [5, 5.41) is 5.89. The van der Waals surface area contributed by atoms with Crippen LogP contribution in [0, 0.1) is 0 Å². The molecule has 9 aromatic rings. The molecule has 0 saturated carbocycles. The zero-order valence-corrected chi connectivity index (χ0v) is 24.3. The van der Waals surface area contributed by atoms with E-state index < -0.39 is 0 Å². The van der Waals surface area contributed by atoms with E-state index in [2.05, 4.69) is 138 Å². The molecule has 0 bridgehead atoms. The molecule has 5 aromatic carbocycles. The topological polar surface area (TPSA) is 43.6 Å². The summed E-state index contributed by atoms with van der Waals surface area (Å²) in [5.41, 5.74) is 9.23. The summed E-state index contributed by atoms with van der Waals surface area (Å²) in [6.45, 7) is 0. The molecule has 0 atom stereocenters. The monoisotopic (exact) mass is 574 g/mol. The highest BCUT2D eigenvalue weighted by Crippen LogP contribution is 2.43. The summed E-state index contributed by atoms with van der Waals surface area (Å²) >= 11 is 0. The second-order valence-electron chi connectivity index (χ2n) is 11.2. The first kappa shape index (κ1) is 25.4. The first-order chi connectivity index (χ1) is 22.3. The average molecular weight is 575 g/mol. The number of para-hydroxylation sites is 1. The minimum atomic E-state index is 0.818. The standard InChI is InChI=1S/C41H26N4/c1-2-13-27(14-3-1)39-28-15-4-6-17-30(28)40(31-18-7-5-16-29(31)39)35-22-10-20-33(43-35)34-21-11-25-38(44-34)45-36-23-9-8-19-32(36)41-37(45)24-12-26-42-41/h1-26H. The third-order valence-electron chi connectivity index (χ3n) is 8.65. The zero-order chi connectivity index (χ0) is 29.7. The van der Waals surface area contributed by atoms with Gasteiger partial charge in [0.15, 0.2) is 0 Å². The number of benzene rings is 5. The third kappa shape index (κ3) is 4.04. The molecule has 0 spiro atoms. The molecule has 45 heavy (non-hydrogen) atoms. The molecule has 0 unspecified atom stereocenters. The van der Waals surface area contributed by atoms with Crippen molar-refractivity contribution in [3.05, 3.63) is 158 Å². The van der Waals surface area contributed by atoms with Gasteiger partial charge in [-0.05, 0) is 75.1 Å². The fourth-order valence-electron chi connectivity index (χ4n) is 6.76. The van der Waals surface area contributed by atoms with Crippen molar-refractivity contribution in [3.63, 3.8) is 0 Å². The summed E-state index contributed by atoms with van der Waals surface area (Å²) in [7, 11) is 0. The predicted octanol–water partition coefficient (Wildman–Crippen LogP) is 10.3. The van der Waals surface area contributed by atoms with Crippen molar-refractivity contribution in [1.29, 1.82) is 0 Å². The summed E-state index contributed by atoms with van der Waals surface area (Å²) in [5.74, 6) is 0.835. The van der Waals surface area contributed by atoms with Gasteiger partial charge in [-0.15, -0.1) is 0 Å². The van der Waals surface area contributed by atoms with Gasteiger partial charge in [0.1, 0.15) is 5.82 Å². The van der Waals surface area contributed by atoms with Crippen LogP contribution < -0.4 is 0 Å². The second-order valence-corrected chi connectivity index (χ2v) is 11.2. The van der Waals surface area contributed by atoms with Crippen molar-refractivity contribution in [3.8, 4) is 39.6 Å². The Morgan fingerprint density at radius 1 is 0.378 bits per heavy atom. The van der Waals surface area contributed by atoms with E-state index in [-0.39, 0.29) is 0 Å². The highest BCUT2D eigenvalue weighted by Gasteiger charge is 2.18. The molecule has 4 heterocycles. The van der Waals surface area contributed by atoms with E-state index in [0.717, 1.165) is 50.4 Å². The van der Waals surface area contributed by atoms with Gasteiger partial charge < -0.3 is 0 Å². The van der Waals surface area contributed by atoms with Crippen molar-refractivity contribution < 1.29 is 0 Å². The lowest BCUT2D eigenvalue weighted by Gasteiger charge is -2.17. The first-order valence-corrected chi connectivity index (χ1v) is 15.1. The maximum absolute atomic E-state index is 5.28. The molecule has 4 heteroatoms. The summed E-state index contributed by atoms with van der Waals surface area (Å²) < 4.78 is 2.19. The Kier molecular flexibility index (Phi) is 5.78. The molecule has 0 radical (unpaired) electrons. The van der Waals surface area contributed by atoms with Gasteiger partial charge in [-0.1, -0.05) is 109 Å². The Labute approximate surface area is 259 Å². The number of fused-ring (bicyclic) bond motifs is 5. The zero-order valence-electron chi connectivity index (χ0n) is 24.3. The van der Waals surface area contributed by atoms with Gasteiger partial charge in [0, 0.05) is 17.1 Å². The molecule has 4 aromatic heterocycles. The van der Waals surface area contributed by atoms with Gasteiger partial charge in [0.05, 0.1) is 33.6 Å². The van der Waals surface area contributed by atoms with Crippen LogP contribution in [0.3, 0.4) is 0 Å². The molecule has 0 fully saturated rings. The van der Waals surface area contributed by atoms with Crippen LogP contribution >= 0.6 is 0 Å². The Morgan fingerprint density at radius 2 is 0.933 bits per heavy atom. The van der Waals surface area contributed by atoms with Crippen molar-refractivity contribution >= 4 is 43.5 Å². The molecular formula is C41H26N4. The van der Waals surface area contributed by atoms with Gasteiger partial charge >= 0.3 is 0 Å². The molecule has 0 aliphatic rings. The van der Waals surface area contributed by atoms with Crippen LogP contribution in [-0.4, -0.2) is 19.5 Å². The minimum absolute atomic E-state index is 0.818. The van der Waals surface area contributed by atoms with Crippen LogP contribution in [0.25, 0.3) is 83.1 Å². The van der Waals surface area contributed by atoms with E-state index in [4.69, 9.17) is 15.0 Å². The fraction of sp³-hybridized carbons (Fsp3) is 0. The average Bonchev–Trinajstić information content (AvgIpc) is 3.45. The van der Waals surface area contributed by atoms with Gasteiger partial charge in [-0.2, -0.15) is 0 Å². The first-order valence-electron chi connectivity index (χ1n) is 15.1. The van der Waals surface area contributed by atoms with E-state index in [0.29, 0.717) is 0 Å². The fourth-order valence-corrected chi connectivity index (χ4v) is 6.76. The Balaban J connectivity index is 1.25. The molecule has 0 amide bonds. The highest BCUT2D eigenvalue weighted by atomic mass is 15.1. The Morgan fingerprint density at radius 3 is 1.67 bits per heavy atom. The van der Waals surface area contributed by atoms with Crippen LogP contribution in [0.4, 0.5) is 0 Å². The molecule has 9 rings (SSSR count). The van der Waals surface area contributed by atoms with Crippen LogP contribution in [0.15, 0.2) is 158 Å². The van der Waals surface area contributed by atoms with Crippen molar-refractivity contribution in [2.24, 2.45) is 0 Å². The second kappa shape index (κ2) is 10.2. The molecule has 0 aliphatic heterocycles. The van der Waals surface area contributed by atoms with Gasteiger partial charge in [0.2, 0.25) is 0 Å². The predicted molar refractivity (Wildman–Crippen MR) is 185 cm³/mol. The van der Waals surface area contributed by atoms with Gasteiger partial charge in [-0.25, -0.2) is 9.97 Å². The molecule has 0 N–H and O–H groups in total. The summed E-state index contributed by atoms with van der Waals surface area (Å²) in [6, 6.07) is 52.9. The summed E-state index contributed by atoms with van der Waals surface area (Å²) in [4.78, 5) is 15.1. The van der Waals surface area contributed by atoms with Gasteiger partial charge in [-0.3, -0.25) is 9.55 Å². The molecule has 0 aliphatic carbocycles. The SMILES string of the molecule is c1ccc(-c2c3ccccc3c(-c3cccc(-c4cccc(-n5c6ccccc6c6ncccc65)n4)n3)c3ccccc23)cc1. The molecule has 0 saturated heterocycles. The van der Waals surface area contributed by atoms with Crippen molar-refractivity contribution in [2.75, 3.05) is 0 Å². The number of hydrogen-bond donors (Lipinski definition) is 0.